The van der Waals surface area contributed by atoms with Crippen LogP contribution in [-0.4, -0.2) is 45.7 Å². The number of imidazole rings is 1. The van der Waals surface area contributed by atoms with Crippen molar-refractivity contribution in [2.75, 3.05) is 36.0 Å². The molecule has 0 radical (unpaired) electrons. The summed E-state index contributed by atoms with van der Waals surface area (Å²) >= 11 is 6.11. The third-order valence-electron chi connectivity index (χ3n) is 4.48. The Balaban J connectivity index is 1.55. The van der Waals surface area contributed by atoms with Gasteiger partial charge in [0.2, 0.25) is 0 Å². The Labute approximate surface area is 145 Å². The van der Waals surface area contributed by atoms with Crippen molar-refractivity contribution in [1.82, 2.24) is 19.5 Å². The van der Waals surface area contributed by atoms with Gasteiger partial charge >= 0.3 is 0 Å². The van der Waals surface area contributed by atoms with Crippen LogP contribution in [0.3, 0.4) is 0 Å². The van der Waals surface area contributed by atoms with Gasteiger partial charge in [0.25, 0.3) is 0 Å². The minimum atomic E-state index is 0.776. The number of fused-ring (bicyclic) bond motifs is 1. The van der Waals surface area contributed by atoms with Crippen LogP contribution in [-0.2, 0) is 6.54 Å². The fraction of sp³-hybridized carbons (Fsp3) is 0.353. The number of aryl methyl sites for hydroxylation is 1. The molecule has 6 nitrogen and oxygen atoms in total. The van der Waals surface area contributed by atoms with Crippen molar-refractivity contribution in [2.24, 2.45) is 0 Å². The highest BCUT2D eigenvalue weighted by Crippen LogP contribution is 2.25. The molecular weight excluding hydrogens is 324 g/mol. The molecule has 124 valence electrons. The van der Waals surface area contributed by atoms with Crippen LogP contribution in [0, 0.1) is 0 Å². The molecule has 0 N–H and O–H groups in total. The lowest BCUT2D eigenvalue weighted by Crippen LogP contribution is -2.47. The van der Waals surface area contributed by atoms with Crippen molar-refractivity contribution in [3.05, 3.63) is 41.9 Å². The summed E-state index contributed by atoms with van der Waals surface area (Å²) in [4.78, 5) is 18.0. The Hall–Kier alpha value is -2.34. The molecule has 7 heteroatoms. The molecule has 0 spiro atoms. The van der Waals surface area contributed by atoms with E-state index in [0.717, 1.165) is 54.7 Å². The van der Waals surface area contributed by atoms with E-state index in [1.807, 2.05) is 29.1 Å². The lowest BCUT2D eigenvalue weighted by atomic mass is 10.2. The maximum atomic E-state index is 6.11. The standard InChI is InChI=1S/C17H19ClN6/c1-2-22-12-21-15-16(22)19-11-20-17(15)24-8-6-23(7-9-24)14-5-3-4-13(18)10-14/h3-5,10-12H,2,6-9H2,1H3. The first kappa shape index (κ1) is 15.2. The number of nitrogens with zero attached hydrogens (tertiary/aromatic N) is 6. The second-order valence-electron chi connectivity index (χ2n) is 5.85. The Kier molecular flexibility index (Phi) is 3.98. The summed E-state index contributed by atoms with van der Waals surface area (Å²) in [7, 11) is 0. The number of hydrogen-bond acceptors (Lipinski definition) is 5. The van der Waals surface area contributed by atoms with Gasteiger partial charge in [-0.3, -0.25) is 0 Å². The van der Waals surface area contributed by atoms with E-state index < -0.39 is 0 Å². The molecule has 0 unspecified atom stereocenters. The molecule has 0 bridgehead atoms. The lowest BCUT2D eigenvalue weighted by Gasteiger charge is -2.36. The molecule has 1 aliphatic rings. The number of rotatable bonds is 3. The zero-order valence-corrected chi connectivity index (χ0v) is 14.3. The molecule has 3 aromatic rings. The summed E-state index contributed by atoms with van der Waals surface area (Å²) in [5, 5.41) is 0.776. The van der Waals surface area contributed by atoms with Gasteiger partial charge in [-0.1, -0.05) is 17.7 Å². The lowest BCUT2D eigenvalue weighted by molar-refractivity contribution is 0.648. The topological polar surface area (TPSA) is 50.1 Å². The molecule has 0 aliphatic carbocycles. The van der Waals surface area contributed by atoms with Gasteiger partial charge in [0.05, 0.1) is 6.33 Å². The predicted molar refractivity (Wildman–Crippen MR) is 96.9 cm³/mol. The normalized spacial score (nSPS) is 15.2. The van der Waals surface area contributed by atoms with E-state index in [1.54, 1.807) is 6.33 Å². The average molecular weight is 343 g/mol. The fourth-order valence-corrected chi connectivity index (χ4v) is 3.36. The largest absolute Gasteiger partial charge is 0.368 e. The summed E-state index contributed by atoms with van der Waals surface area (Å²) in [5.41, 5.74) is 2.96. The predicted octanol–water partition coefficient (Wildman–Crippen LogP) is 2.83. The summed E-state index contributed by atoms with van der Waals surface area (Å²) < 4.78 is 2.04. The van der Waals surface area contributed by atoms with Crippen LogP contribution in [0.15, 0.2) is 36.9 Å². The number of anilines is 2. The van der Waals surface area contributed by atoms with Crippen LogP contribution >= 0.6 is 11.6 Å². The summed E-state index contributed by atoms with van der Waals surface area (Å²) in [6, 6.07) is 8.02. The first-order valence-corrected chi connectivity index (χ1v) is 8.55. The van der Waals surface area contributed by atoms with Gasteiger partial charge in [-0.25, -0.2) is 15.0 Å². The van der Waals surface area contributed by atoms with Crippen LogP contribution in [0.25, 0.3) is 11.2 Å². The van der Waals surface area contributed by atoms with Crippen LogP contribution < -0.4 is 9.80 Å². The molecule has 2 aromatic heterocycles. The summed E-state index contributed by atoms with van der Waals surface area (Å²) in [6.07, 6.45) is 3.47. The van der Waals surface area contributed by atoms with E-state index in [-0.39, 0.29) is 0 Å². The van der Waals surface area contributed by atoms with Gasteiger partial charge in [-0.15, -0.1) is 0 Å². The third-order valence-corrected chi connectivity index (χ3v) is 4.71. The van der Waals surface area contributed by atoms with Crippen molar-refractivity contribution in [3.63, 3.8) is 0 Å². The quantitative estimate of drug-likeness (QED) is 0.732. The molecular formula is C17H19ClN6. The molecule has 4 rings (SSSR count). The van der Waals surface area contributed by atoms with Gasteiger partial charge in [-0.2, -0.15) is 0 Å². The highest BCUT2D eigenvalue weighted by atomic mass is 35.5. The number of benzene rings is 1. The molecule has 1 saturated heterocycles. The van der Waals surface area contributed by atoms with Gasteiger partial charge in [0.1, 0.15) is 6.33 Å². The summed E-state index contributed by atoms with van der Waals surface area (Å²) in [6.45, 7) is 6.61. The van der Waals surface area contributed by atoms with Gasteiger partial charge in [0, 0.05) is 43.4 Å². The molecule has 24 heavy (non-hydrogen) atoms. The van der Waals surface area contributed by atoms with Crippen molar-refractivity contribution < 1.29 is 0 Å². The third kappa shape index (κ3) is 2.67. The first-order valence-electron chi connectivity index (χ1n) is 8.17. The van der Waals surface area contributed by atoms with E-state index in [1.165, 1.54) is 5.69 Å². The molecule has 0 atom stereocenters. The van der Waals surface area contributed by atoms with Crippen molar-refractivity contribution in [3.8, 4) is 0 Å². The Morgan fingerprint density at radius 2 is 1.83 bits per heavy atom. The Morgan fingerprint density at radius 1 is 1.04 bits per heavy atom. The zero-order chi connectivity index (χ0) is 16.5. The Morgan fingerprint density at radius 3 is 2.58 bits per heavy atom. The molecule has 3 heterocycles. The van der Waals surface area contributed by atoms with Crippen LogP contribution in [0.4, 0.5) is 11.5 Å². The summed E-state index contributed by atoms with van der Waals surface area (Å²) in [5.74, 6) is 0.929. The smallest absolute Gasteiger partial charge is 0.165 e. The number of piperazine rings is 1. The highest BCUT2D eigenvalue weighted by molar-refractivity contribution is 6.30. The van der Waals surface area contributed by atoms with Gasteiger partial charge in [0.15, 0.2) is 17.0 Å². The van der Waals surface area contributed by atoms with E-state index in [0.29, 0.717) is 0 Å². The van der Waals surface area contributed by atoms with Gasteiger partial charge in [-0.05, 0) is 25.1 Å². The minimum absolute atomic E-state index is 0.776. The fourth-order valence-electron chi connectivity index (χ4n) is 3.18. The SMILES string of the molecule is CCn1cnc2c(N3CCN(c4cccc(Cl)c4)CC3)ncnc21. The van der Waals surface area contributed by atoms with Crippen LogP contribution in [0.5, 0.6) is 0 Å². The maximum absolute atomic E-state index is 6.11. The average Bonchev–Trinajstić information content (AvgIpc) is 3.05. The minimum Gasteiger partial charge on any atom is -0.368 e. The number of hydrogen-bond donors (Lipinski definition) is 0. The second kappa shape index (κ2) is 6.28. The first-order chi connectivity index (χ1) is 11.8. The van der Waals surface area contributed by atoms with Crippen LogP contribution in [0.1, 0.15) is 6.92 Å². The molecule has 1 aromatic carbocycles. The monoisotopic (exact) mass is 342 g/mol. The molecule has 0 saturated carbocycles. The van der Waals surface area contributed by atoms with E-state index in [4.69, 9.17) is 11.6 Å². The van der Waals surface area contributed by atoms with Crippen LogP contribution in [0.2, 0.25) is 5.02 Å². The maximum Gasteiger partial charge on any atom is 0.165 e. The number of halogens is 1. The second-order valence-corrected chi connectivity index (χ2v) is 6.29. The van der Waals surface area contributed by atoms with Crippen molar-refractivity contribution in [1.29, 1.82) is 0 Å². The highest BCUT2D eigenvalue weighted by Gasteiger charge is 2.21. The van der Waals surface area contributed by atoms with E-state index >= 15 is 0 Å². The van der Waals surface area contributed by atoms with E-state index in [9.17, 15) is 0 Å². The molecule has 0 amide bonds. The van der Waals surface area contributed by atoms with Gasteiger partial charge < -0.3 is 14.4 Å². The van der Waals surface area contributed by atoms with Crippen molar-refractivity contribution in [2.45, 2.75) is 13.5 Å². The van der Waals surface area contributed by atoms with Crippen molar-refractivity contribution >= 4 is 34.3 Å². The Bertz CT molecular complexity index is 853. The molecule has 1 fully saturated rings. The molecule has 1 aliphatic heterocycles. The number of aromatic nitrogens is 4. The van der Waals surface area contributed by atoms with E-state index in [2.05, 4.69) is 37.7 Å². The zero-order valence-electron chi connectivity index (χ0n) is 13.6.